The number of likely N-dealkylation sites (tertiary alicyclic amines) is 1. The van der Waals surface area contributed by atoms with Gasteiger partial charge < -0.3 is 16.0 Å². The van der Waals surface area contributed by atoms with Gasteiger partial charge >= 0.3 is 0 Å². The second kappa shape index (κ2) is 7.56. The van der Waals surface area contributed by atoms with Crippen molar-refractivity contribution in [2.24, 2.45) is 0 Å². The molecule has 0 spiro atoms. The first-order valence-electron chi connectivity index (χ1n) is 8.32. The van der Waals surface area contributed by atoms with Crippen molar-refractivity contribution in [1.82, 2.24) is 20.2 Å². The van der Waals surface area contributed by atoms with Gasteiger partial charge in [-0.05, 0) is 18.2 Å². The summed E-state index contributed by atoms with van der Waals surface area (Å²) in [5, 5.41) is 11.4. The molecule has 3 N–H and O–H groups in total. The Kier molecular flexibility index (Phi) is 5.17. The highest BCUT2D eigenvalue weighted by Crippen LogP contribution is 2.31. The van der Waals surface area contributed by atoms with Crippen LogP contribution < -0.4 is 11.1 Å². The van der Waals surface area contributed by atoms with Gasteiger partial charge in [0.2, 0.25) is 5.91 Å². The minimum Gasteiger partial charge on any atom is -0.384 e. The predicted octanol–water partition coefficient (Wildman–Crippen LogP) is 1.22. The Balaban J connectivity index is 1.72. The third-order valence-electron chi connectivity index (χ3n) is 4.30. The van der Waals surface area contributed by atoms with Crippen molar-refractivity contribution in [3.8, 4) is 17.2 Å². The molecule has 1 saturated heterocycles. The van der Waals surface area contributed by atoms with E-state index >= 15 is 0 Å². The van der Waals surface area contributed by atoms with E-state index in [1.807, 2.05) is 0 Å². The van der Waals surface area contributed by atoms with E-state index in [2.05, 4.69) is 15.3 Å². The van der Waals surface area contributed by atoms with Crippen LogP contribution in [0.1, 0.15) is 16.8 Å². The fourth-order valence-corrected chi connectivity index (χ4v) is 2.93. The Hall–Kier alpha value is -3.61. The van der Waals surface area contributed by atoms with Crippen LogP contribution in [0.2, 0.25) is 0 Å². The number of anilines is 1. The summed E-state index contributed by atoms with van der Waals surface area (Å²) >= 11 is 0. The number of hydrogen-bond acceptors (Lipinski definition) is 6. The molecule has 28 heavy (non-hydrogen) atoms. The largest absolute Gasteiger partial charge is 0.384 e. The number of nitrogens with zero attached hydrogens (tertiary/aromatic N) is 4. The van der Waals surface area contributed by atoms with Gasteiger partial charge in [0, 0.05) is 36.1 Å². The number of rotatable bonds is 4. The van der Waals surface area contributed by atoms with Crippen LogP contribution >= 0.6 is 0 Å². The van der Waals surface area contributed by atoms with Gasteiger partial charge in [-0.1, -0.05) is 0 Å². The minimum absolute atomic E-state index is 0.234. The van der Waals surface area contributed by atoms with E-state index in [0.29, 0.717) is 16.9 Å². The van der Waals surface area contributed by atoms with E-state index in [-0.39, 0.29) is 5.56 Å². The molecule has 1 aliphatic rings. The number of nitrogens with two attached hydrogens (primary N) is 1. The monoisotopic (exact) mass is 386 g/mol. The van der Waals surface area contributed by atoms with Gasteiger partial charge in [-0.3, -0.25) is 14.6 Å². The van der Waals surface area contributed by atoms with Crippen molar-refractivity contribution in [1.29, 1.82) is 5.26 Å². The van der Waals surface area contributed by atoms with Gasteiger partial charge in [-0.2, -0.15) is 5.26 Å². The predicted molar refractivity (Wildman–Crippen MR) is 94.9 cm³/mol. The first-order valence-corrected chi connectivity index (χ1v) is 8.32. The summed E-state index contributed by atoms with van der Waals surface area (Å²) < 4.78 is 26.9. The summed E-state index contributed by atoms with van der Waals surface area (Å²) in [6, 6.07) is 5.19. The smallest absolute Gasteiger partial charge is 0.268 e. The van der Waals surface area contributed by atoms with Crippen molar-refractivity contribution in [3.05, 3.63) is 42.4 Å². The number of halogens is 2. The Morgan fingerprint density at radius 3 is 2.82 bits per heavy atom. The molecule has 1 fully saturated rings. The molecule has 10 heteroatoms. The summed E-state index contributed by atoms with van der Waals surface area (Å²) in [4.78, 5) is 33.5. The Labute approximate surface area is 159 Å². The van der Waals surface area contributed by atoms with Crippen LogP contribution in [0.4, 0.5) is 14.6 Å². The number of pyridine rings is 2. The van der Waals surface area contributed by atoms with Crippen LogP contribution in [0.25, 0.3) is 11.1 Å². The van der Waals surface area contributed by atoms with Crippen LogP contribution in [-0.2, 0) is 4.79 Å². The molecule has 144 valence electrons. The average molecular weight is 386 g/mol. The molecule has 1 atom stereocenters. The summed E-state index contributed by atoms with van der Waals surface area (Å²) in [6.07, 6.45) is 3.66. The van der Waals surface area contributed by atoms with Crippen LogP contribution in [0, 0.1) is 11.3 Å². The maximum atomic E-state index is 13.5. The molecule has 2 amide bonds. The van der Waals surface area contributed by atoms with Gasteiger partial charge in [0.25, 0.3) is 11.8 Å². The molecule has 0 aliphatic carbocycles. The van der Waals surface area contributed by atoms with Gasteiger partial charge in [0.05, 0.1) is 24.7 Å². The number of carbonyl (C=O) groups excluding carboxylic acids is 2. The molecule has 2 aromatic heterocycles. The van der Waals surface area contributed by atoms with E-state index in [9.17, 15) is 18.4 Å². The number of aromatic nitrogens is 2. The number of carbonyl (C=O) groups is 2. The van der Waals surface area contributed by atoms with E-state index in [1.54, 1.807) is 18.2 Å². The molecule has 3 heterocycles. The summed E-state index contributed by atoms with van der Waals surface area (Å²) in [7, 11) is 0. The van der Waals surface area contributed by atoms with Gasteiger partial charge in [0.15, 0.2) is 0 Å². The SMILES string of the molecule is N#CC1CC(F)(F)CN1C(=O)CNC(=O)c1ccncc1-c1ccc(N)nc1. The number of alkyl halides is 2. The van der Waals surface area contributed by atoms with Crippen molar-refractivity contribution in [2.75, 3.05) is 18.8 Å². The zero-order chi connectivity index (χ0) is 20.3. The van der Waals surface area contributed by atoms with Crippen LogP contribution in [0.15, 0.2) is 36.8 Å². The Morgan fingerprint density at radius 2 is 2.14 bits per heavy atom. The van der Waals surface area contributed by atoms with E-state index in [1.165, 1.54) is 24.7 Å². The highest BCUT2D eigenvalue weighted by atomic mass is 19.3. The zero-order valence-corrected chi connectivity index (χ0v) is 14.6. The third kappa shape index (κ3) is 4.03. The number of nitrogen functional groups attached to an aromatic ring is 1. The summed E-state index contributed by atoms with van der Waals surface area (Å²) in [6.45, 7) is -1.34. The summed E-state index contributed by atoms with van der Waals surface area (Å²) in [5.41, 5.74) is 6.87. The van der Waals surface area contributed by atoms with E-state index in [0.717, 1.165) is 4.90 Å². The molecule has 0 aromatic carbocycles. The minimum atomic E-state index is -3.11. The molecule has 1 aliphatic heterocycles. The second-order valence-corrected chi connectivity index (χ2v) is 6.30. The van der Waals surface area contributed by atoms with Crippen LogP contribution in [-0.4, -0.2) is 51.7 Å². The fourth-order valence-electron chi connectivity index (χ4n) is 2.93. The first kappa shape index (κ1) is 19.2. The van der Waals surface area contributed by atoms with Crippen molar-refractivity contribution in [2.45, 2.75) is 18.4 Å². The Morgan fingerprint density at radius 1 is 1.36 bits per heavy atom. The number of hydrogen-bond donors (Lipinski definition) is 2. The molecule has 3 rings (SSSR count). The number of nitriles is 1. The standard InChI is InChI=1S/C18H16F2N6O2/c19-18(20)5-12(6-21)26(10-18)16(27)9-25-17(28)13-3-4-23-8-14(13)11-1-2-15(22)24-7-11/h1-4,7-8,12H,5,9-10H2,(H2,22,24)(H,25,28). The second-order valence-electron chi connectivity index (χ2n) is 6.30. The fraction of sp³-hybridized carbons (Fsp3) is 0.278. The lowest BCUT2D eigenvalue weighted by Crippen LogP contribution is -2.43. The van der Waals surface area contributed by atoms with Crippen molar-refractivity contribution >= 4 is 17.6 Å². The molecule has 8 nitrogen and oxygen atoms in total. The first-order chi connectivity index (χ1) is 13.3. The molecular weight excluding hydrogens is 370 g/mol. The topological polar surface area (TPSA) is 125 Å². The molecule has 0 radical (unpaired) electrons. The van der Waals surface area contributed by atoms with E-state index in [4.69, 9.17) is 11.0 Å². The number of amides is 2. The molecular formula is C18H16F2N6O2. The molecule has 2 aromatic rings. The van der Waals surface area contributed by atoms with E-state index < -0.39 is 43.3 Å². The van der Waals surface area contributed by atoms with Crippen LogP contribution in [0.5, 0.6) is 0 Å². The highest BCUT2D eigenvalue weighted by molar-refractivity contribution is 6.02. The number of nitrogens with one attached hydrogen (secondary N) is 1. The molecule has 0 bridgehead atoms. The zero-order valence-electron chi connectivity index (χ0n) is 14.6. The Bertz CT molecular complexity index is 942. The maximum Gasteiger partial charge on any atom is 0.268 e. The third-order valence-corrected chi connectivity index (χ3v) is 4.30. The van der Waals surface area contributed by atoms with Crippen molar-refractivity contribution < 1.29 is 18.4 Å². The van der Waals surface area contributed by atoms with Crippen molar-refractivity contribution in [3.63, 3.8) is 0 Å². The quantitative estimate of drug-likeness (QED) is 0.814. The molecule has 0 saturated carbocycles. The summed E-state index contributed by atoms with van der Waals surface area (Å²) in [5.74, 6) is -4.12. The van der Waals surface area contributed by atoms with Gasteiger partial charge in [0.1, 0.15) is 11.9 Å². The molecule has 1 unspecified atom stereocenters. The van der Waals surface area contributed by atoms with Gasteiger partial charge in [-0.25, -0.2) is 13.8 Å². The normalized spacial score (nSPS) is 17.8. The lowest BCUT2D eigenvalue weighted by Gasteiger charge is -2.19. The average Bonchev–Trinajstić information content (AvgIpc) is 3.01. The lowest BCUT2D eigenvalue weighted by molar-refractivity contribution is -0.131. The maximum absolute atomic E-state index is 13.5. The highest BCUT2D eigenvalue weighted by Gasteiger charge is 2.47. The van der Waals surface area contributed by atoms with Gasteiger partial charge in [-0.15, -0.1) is 0 Å². The lowest BCUT2D eigenvalue weighted by atomic mass is 10.0. The van der Waals surface area contributed by atoms with Crippen LogP contribution in [0.3, 0.4) is 0 Å².